The summed E-state index contributed by atoms with van der Waals surface area (Å²) < 4.78 is 18.4. The number of carboxylic acid groups (broad SMARTS) is 1. The summed E-state index contributed by atoms with van der Waals surface area (Å²) in [4.78, 5) is 22.9. The number of ether oxygens (including phenoxy) is 1. The second kappa shape index (κ2) is 7.06. The zero-order valence-corrected chi connectivity index (χ0v) is 12.4. The molecule has 0 spiro atoms. The van der Waals surface area contributed by atoms with Crippen molar-refractivity contribution in [1.82, 2.24) is 5.32 Å². The van der Waals surface area contributed by atoms with E-state index in [9.17, 15) is 14.0 Å². The topological polar surface area (TPSA) is 75.6 Å². The number of hydrogen-bond donors (Lipinski definition) is 2. The molecule has 116 valence electrons. The first-order chi connectivity index (χ1) is 9.71. The number of aliphatic carboxylic acids is 1. The molecule has 1 atom stereocenters. The number of hydrogen-bond acceptors (Lipinski definition) is 3. The first-order valence-electron chi connectivity index (χ1n) is 6.61. The lowest BCUT2D eigenvalue weighted by atomic mass is 9.86. The van der Waals surface area contributed by atoms with Crippen molar-refractivity contribution in [3.63, 3.8) is 0 Å². The minimum atomic E-state index is -1.09. The van der Waals surface area contributed by atoms with Crippen LogP contribution >= 0.6 is 0 Å². The highest BCUT2D eigenvalue weighted by molar-refractivity contribution is 5.84. The number of amides is 1. The van der Waals surface area contributed by atoms with Crippen LogP contribution in [0.2, 0.25) is 0 Å². The molecule has 5 nitrogen and oxygen atoms in total. The summed E-state index contributed by atoms with van der Waals surface area (Å²) in [6.45, 7) is 5.15. The summed E-state index contributed by atoms with van der Waals surface area (Å²) in [7, 11) is 0. The number of carbonyl (C=O) groups is 2. The van der Waals surface area contributed by atoms with Crippen LogP contribution < -0.4 is 10.1 Å². The Hall–Kier alpha value is -2.11. The van der Waals surface area contributed by atoms with E-state index in [0.717, 1.165) is 0 Å². The van der Waals surface area contributed by atoms with Crippen molar-refractivity contribution in [3.8, 4) is 5.75 Å². The first kappa shape index (κ1) is 16.9. The predicted octanol–water partition coefficient (Wildman–Crippen LogP) is 2.21. The number of rotatable bonds is 6. The Labute approximate surface area is 123 Å². The van der Waals surface area contributed by atoms with Crippen molar-refractivity contribution in [2.75, 3.05) is 6.61 Å². The van der Waals surface area contributed by atoms with Gasteiger partial charge in [0.25, 0.3) is 0 Å². The van der Waals surface area contributed by atoms with E-state index in [2.05, 4.69) is 5.32 Å². The van der Waals surface area contributed by atoms with E-state index < -0.39 is 29.2 Å². The van der Waals surface area contributed by atoms with Crippen molar-refractivity contribution < 1.29 is 23.8 Å². The molecule has 0 aromatic heterocycles. The van der Waals surface area contributed by atoms with E-state index in [0.29, 0.717) is 0 Å². The quantitative estimate of drug-likeness (QED) is 0.844. The Kier molecular flexibility index (Phi) is 5.69. The summed E-state index contributed by atoms with van der Waals surface area (Å²) >= 11 is 0. The van der Waals surface area contributed by atoms with Crippen molar-refractivity contribution >= 4 is 11.9 Å². The summed E-state index contributed by atoms with van der Waals surface area (Å²) in [5, 5.41) is 11.5. The van der Waals surface area contributed by atoms with Gasteiger partial charge in [0.1, 0.15) is 6.04 Å². The zero-order chi connectivity index (χ0) is 16.0. The highest BCUT2D eigenvalue weighted by Crippen LogP contribution is 2.19. The third-order valence-electron chi connectivity index (χ3n) is 2.84. The molecule has 0 aliphatic heterocycles. The molecule has 0 unspecified atom stereocenters. The third kappa shape index (κ3) is 5.41. The first-order valence-corrected chi connectivity index (χ1v) is 6.61. The number of halogens is 1. The minimum absolute atomic E-state index is 0.0246. The smallest absolute Gasteiger partial charge is 0.326 e. The molecule has 21 heavy (non-hydrogen) atoms. The van der Waals surface area contributed by atoms with Crippen LogP contribution in [-0.4, -0.2) is 29.6 Å². The molecule has 0 fully saturated rings. The predicted molar refractivity (Wildman–Crippen MR) is 75.5 cm³/mol. The van der Waals surface area contributed by atoms with Gasteiger partial charge in [0, 0.05) is 0 Å². The number of carbonyl (C=O) groups excluding carboxylic acids is 1. The molecular formula is C15H20FNO4. The van der Waals surface area contributed by atoms with E-state index in [1.165, 1.54) is 18.2 Å². The second-order valence-electron chi connectivity index (χ2n) is 5.73. The van der Waals surface area contributed by atoms with E-state index in [1.807, 2.05) is 0 Å². The Bertz CT molecular complexity index is 511. The molecule has 1 aromatic carbocycles. The molecule has 0 saturated heterocycles. The molecule has 1 aromatic rings. The molecule has 0 radical (unpaired) electrons. The molecule has 0 saturated carbocycles. The minimum Gasteiger partial charge on any atom is -0.490 e. The van der Waals surface area contributed by atoms with Crippen LogP contribution in [0.25, 0.3) is 0 Å². The maximum atomic E-state index is 13.3. The van der Waals surface area contributed by atoms with Gasteiger partial charge in [0.2, 0.25) is 5.91 Å². The normalized spacial score (nSPS) is 12.6. The highest BCUT2D eigenvalue weighted by Gasteiger charge is 2.32. The van der Waals surface area contributed by atoms with E-state index in [1.54, 1.807) is 26.8 Å². The van der Waals surface area contributed by atoms with Crippen LogP contribution in [0.15, 0.2) is 24.3 Å². The summed E-state index contributed by atoms with van der Waals surface area (Å²) in [5.41, 5.74) is -0.603. The third-order valence-corrected chi connectivity index (χ3v) is 2.84. The van der Waals surface area contributed by atoms with Crippen molar-refractivity contribution in [2.45, 2.75) is 33.2 Å². The molecule has 0 aliphatic rings. The summed E-state index contributed by atoms with van der Waals surface area (Å²) in [6.07, 6.45) is -0.0474. The molecule has 0 aliphatic carbocycles. The zero-order valence-electron chi connectivity index (χ0n) is 12.4. The lowest BCUT2D eigenvalue weighted by Crippen LogP contribution is -2.49. The Morgan fingerprint density at radius 2 is 1.95 bits per heavy atom. The molecule has 2 N–H and O–H groups in total. The average molecular weight is 297 g/mol. The lowest BCUT2D eigenvalue weighted by Gasteiger charge is -2.27. The molecule has 1 rings (SSSR count). The fraction of sp³-hybridized carbons (Fsp3) is 0.467. The molecular weight excluding hydrogens is 277 g/mol. The van der Waals surface area contributed by atoms with Gasteiger partial charge in [-0.1, -0.05) is 32.9 Å². The van der Waals surface area contributed by atoms with Gasteiger partial charge in [-0.3, -0.25) is 4.79 Å². The maximum absolute atomic E-state index is 13.3. The van der Waals surface area contributed by atoms with Crippen LogP contribution in [0.3, 0.4) is 0 Å². The highest BCUT2D eigenvalue weighted by atomic mass is 19.1. The monoisotopic (exact) mass is 297 g/mol. The van der Waals surface area contributed by atoms with Gasteiger partial charge in [-0.15, -0.1) is 0 Å². The number of para-hydroxylation sites is 1. The summed E-state index contributed by atoms with van der Waals surface area (Å²) in [6, 6.07) is 4.89. The van der Waals surface area contributed by atoms with Crippen molar-refractivity contribution in [1.29, 1.82) is 0 Å². The Balaban J connectivity index is 2.47. The van der Waals surface area contributed by atoms with E-state index in [4.69, 9.17) is 9.84 Å². The SMILES string of the molecule is CC(C)(C)[C@@H](NC(=O)CCOc1ccccc1F)C(=O)O. The summed E-state index contributed by atoms with van der Waals surface area (Å²) in [5.74, 6) is -1.98. The van der Waals surface area contributed by atoms with E-state index >= 15 is 0 Å². The van der Waals surface area contributed by atoms with Gasteiger partial charge >= 0.3 is 5.97 Å². The number of benzene rings is 1. The molecule has 6 heteroatoms. The van der Waals surface area contributed by atoms with Crippen LogP contribution in [0.5, 0.6) is 5.75 Å². The lowest BCUT2D eigenvalue weighted by molar-refractivity contribution is -0.145. The Morgan fingerprint density at radius 3 is 2.48 bits per heavy atom. The standard InChI is InChI=1S/C15H20FNO4/c1-15(2,3)13(14(19)20)17-12(18)8-9-21-11-7-5-4-6-10(11)16/h4-7,13H,8-9H2,1-3H3,(H,17,18)(H,19,20)/t13-/m0/s1. The van der Waals surface area contributed by atoms with Gasteiger partial charge in [-0.05, 0) is 17.5 Å². The van der Waals surface area contributed by atoms with Crippen LogP contribution in [0.4, 0.5) is 4.39 Å². The van der Waals surface area contributed by atoms with Crippen molar-refractivity contribution in [2.24, 2.45) is 5.41 Å². The van der Waals surface area contributed by atoms with Crippen LogP contribution in [-0.2, 0) is 9.59 Å². The van der Waals surface area contributed by atoms with Crippen LogP contribution in [0.1, 0.15) is 27.2 Å². The van der Waals surface area contributed by atoms with Crippen LogP contribution in [0, 0.1) is 11.2 Å². The maximum Gasteiger partial charge on any atom is 0.326 e. The van der Waals surface area contributed by atoms with E-state index in [-0.39, 0.29) is 18.8 Å². The fourth-order valence-corrected chi connectivity index (χ4v) is 1.70. The van der Waals surface area contributed by atoms with Gasteiger partial charge in [0.15, 0.2) is 11.6 Å². The fourth-order valence-electron chi connectivity index (χ4n) is 1.70. The van der Waals surface area contributed by atoms with Crippen molar-refractivity contribution in [3.05, 3.63) is 30.1 Å². The van der Waals surface area contributed by atoms with Gasteiger partial charge in [-0.25, -0.2) is 9.18 Å². The molecule has 0 heterocycles. The number of nitrogens with one attached hydrogen (secondary N) is 1. The number of carboxylic acids is 1. The van der Waals surface area contributed by atoms with Gasteiger partial charge < -0.3 is 15.2 Å². The van der Waals surface area contributed by atoms with Gasteiger partial charge in [0.05, 0.1) is 13.0 Å². The Morgan fingerprint density at radius 1 is 1.33 bits per heavy atom. The second-order valence-corrected chi connectivity index (χ2v) is 5.73. The molecule has 0 bridgehead atoms. The van der Waals surface area contributed by atoms with Gasteiger partial charge in [-0.2, -0.15) is 0 Å². The molecule has 1 amide bonds. The average Bonchev–Trinajstić information content (AvgIpc) is 2.36. The largest absolute Gasteiger partial charge is 0.490 e.